The monoisotopic (exact) mass is 179 g/mol. The molecule has 0 aliphatic carbocycles. The van der Waals surface area contributed by atoms with Crippen molar-refractivity contribution in [1.29, 1.82) is 0 Å². The number of carboxylic acid groups (broad SMARTS) is 1. The van der Waals surface area contributed by atoms with Crippen LogP contribution >= 0.6 is 0 Å². The second kappa shape index (κ2) is 2.97. The summed E-state index contributed by atoms with van der Waals surface area (Å²) in [6.45, 7) is 1.11. The van der Waals surface area contributed by atoms with Crippen molar-refractivity contribution in [3.63, 3.8) is 0 Å². The topological polar surface area (TPSA) is 58.6 Å². The molecule has 0 aromatic heterocycles. The summed E-state index contributed by atoms with van der Waals surface area (Å²) in [5.41, 5.74) is 1.78. The zero-order chi connectivity index (χ0) is 9.26. The van der Waals surface area contributed by atoms with Crippen molar-refractivity contribution in [2.75, 3.05) is 13.2 Å². The van der Waals surface area contributed by atoms with Gasteiger partial charge in [0.25, 0.3) is 0 Å². The highest BCUT2D eigenvalue weighted by molar-refractivity contribution is 5.92. The first-order valence-electron chi connectivity index (χ1n) is 3.98. The molecule has 4 nitrogen and oxygen atoms in total. The third-order valence-electron chi connectivity index (χ3n) is 1.98. The lowest BCUT2D eigenvalue weighted by Gasteiger charge is -2.21. The number of dihydropyridines is 1. The van der Waals surface area contributed by atoms with Gasteiger partial charge in [0.15, 0.2) is 0 Å². The first-order valence-corrected chi connectivity index (χ1v) is 3.98. The number of aliphatic carboxylic acids is 1. The van der Waals surface area contributed by atoms with E-state index in [1.54, 1.807) is 0 Å². The number of hydrogen-bond acceptors (Lipinski definition) is 3. The summed E-state index contributed by atoms with van der Waals surface area (Å²) in [5, 5.41) is 11.8. The molecule has 0 aromatic rings. The summed E-state index contributed by atoms with van der Waals surface area (Å²) in [6, 6.07) is 0. The molecule has 2 rings (SSSR count). The van der Waals surface area contributed by atoms with Gasteiger partial charge < -0.3 is 15.2 Å². The molecule has 0 radical (unpaired) electrons. The average molecular weight is 179 g/mol. The second-order valence-electron chi connectivity index (χ2n) is 2.83. The number of ether oxygens (including phenoxy) is 1. The Kier molecular flexibility index (Phi) is 1.81. The molecule has 0 fully saturated rings. The lowest BCUT2D eigenvalue weighted by molar-refractivity contribution is -0.132. The van der Waals surface area contributed by atoms with Gasteiger partial charge in [-0.15, -0.1) is 0 Å². The quantitative estimate of drug-likeness (QED) is 0.611. The highest BCUT2D eigenvalue weighted by Gasteiger charge is 2.22. The average Bonchev–Trinajstić information content (AvgIpc) is 2.17. The number of carbonyl (C=O) groups is 1. The van der Waals surface area contributed by atoms with Crippen molar-refractivity contribution in [1.82, 2.24) is 5.32 Å². The van der Waals surface area contributed by atoms with Gasteiger partial charge in [-0.3, -0.25) is 0 Å². The van der Waals surface area contributed by atoms with Crippen LogP contribution in [0.3, 0.4) is 0 Å². The first kappa shape index (κ1) is 7.91. The van der Waals surface area contributed by atoms with Crippen LogP contribution in [0, 0.1) is 0 Å². The van der Waals surface area contributed by atoms with Crippen LogP contribution < -0.4 is 5.32 Å². The molecular weight excluding hydrogens is 170 g/mol. The van der Waals surface area contributed by atoms with Gasteiger partial charge in [-0.05, 0) is 0 Å². The molecule has 0 bridgehead atoms. The first-order chi connectivity index (χ1) is 6.29. The Hall–Kier alpha value is -1.71. The van der Waals surface area contributed by atoms with Gasteiger partial charge in [0, 0.05) is 12.1 Å². The molecule has 2 heterocycles. The number of hydrogen-bond donors (Lipinski definition) is 2. The van der Waals surface area contributed by atoms with Crippen LogP contribution in [0.5, 0.6) is 0 Å². The number of rotatable bonds is 1. The van der Waals surface area contributed by atoms with E-state index in [4.69, 9.17) is 9.84 Å². The Bertz CT molecular complexity index is 339. The van der Waals surface area contributed by atoms with Crippen LogP contribution in [-0.4, -0.2) is 24.2 Å². The van der Waals surface area contributed by atoms with Crippen LogP contribution in [0.1, 0.15) is 0 Å². The standard InChI is InChI=1S/C9H9NO3/c11-9(12)7-5-13-4-6-2-1-3-10-8(6)7/h1-2,5,10H,3-4H2,(H,11,12). The Balaban J connectivity index is 2.39. The SMILES string of the molecule is O=C(O)C1=COCC2=C1NCC=C2. The smallest absolute Gasteiger partial charge is 0.340 e. The van der Waals surface area contributed by atoms with Crippen LogP contribution in [-0.2, 0) is 9.53 Å². The maximum absolute atomic E-state index is 10.8. The van der Waals surface area contributed by atoms with E-state index in [-0.39, 0.29) is 5.57 Å². The maximum atomic E-state index is 10.8. The molecule has 0 saturated heterocycles. The molecule has 2 aliphatic rings. The Morgan fingerprint density at radius 2 is 2.46 bits per heavy atom. The molecule has 0 aromatic carbocycles. The zero-order valence-corrected chi connectivity index (χ0v) is 6.91. The summed E-state index contributed by atoms with van der Waals surface area (Å²) in [4.78, 5) is 10.8. The summed E-state index contributed by atoms with van der Waals surface area (Å²) in [5.74, 6) is -0.963. The Morgan fingerprint density at radius 3 is 3.23 bits per heavy atom. The summed E-state index contributed by atoms with van der Waals surface area (Å²) in [7, 11) is 0. The van der Waals surface area contributed by atoms with Crippen LogP contribution in [0.25, 0.3) is 0 Å². The second-order valence-corrected chi connectivity index (χ2v) is 2.83. The molecule has 0 spiro atoms. The van der Waals surface area contributed by atoms with Gasteiger partial charge in [0.05, 0.1) is 5.70 Å². The lowest BCUT2D eigenvalue weighted by atomic mass is 10.0. The van der Waals surface area contributed by atoms with E-state index in [0.717, 1.165) is 5.57 Å². The molecule has 68 valence electrons. The van der Waals surface area contributed by atoms with Gasteiger partial charge in [-0.25, -0.2) is 4.79 Å². The maximum Gasteiger partial charge on any atom is 0.340 e. The minimum Gasteiger partial charge on any atom is -0.495 e. The molecule has 0 saturated carbocycles. The molecule has 0 amide bonds. The third kappa shape index (κ3) is 1.30. The molecule has 2 aliphatic heterocycles. The fourth-order valence-electron chi connectivity index (χ4n) is 1.38. The van der Waals surface area contributed by atoms with Gasteiger partial charge in [-0.1, -0.05) is 12.2 Å². The van der Waals surface area contributed by atoms with Crippen LogP contribution in [0.4, 0.5) is 0 Å². The van der Waals surface area contributed by atoms with E-state index in [1.165, 1.54) is 6.26 Å². The largest absolute Gasteiger partial charge is 0.495 e. The lowest BCUT2D eigenvalue weighted by Crippen LogP contribution is -2.26. The molecule has 0 unspecified atom stereocenters. The van der Waals surface area contributed by atoms with Gasteiger partial charge in [0.2, 0.25) is 0 Å². The zero-order valence-electron chi connectivity index (χ0n) is 6.91. The van der Waals surface area contributed by atoms with Crippen molar-refractivity contribution >= 4 is 5.97 Å². The van der Waals surface area contributed by atoms with E-state index in [0.29, 0.717) is 18.8 Å². The highest BCUT2D eigenvalue weighted by Crippen LogP contribution is 2.21. The Labute approximate surface area is 75.2 Å². The van der Waals surface area contributed by atoms with Crippen LogP contribution in [0.15, 0.2) is 35.3 Å². The summed E-state index contributed by atoms with van der Waals surface area (Å²) in [6.07, 6.45) is 5.11. The van der Waals surface area contributed by atoms with Crippen molar-refractivity contribution in [3.05, 3.63) is 35.3 Å². The summed E-state index contributed by atoms with van der Waals surface area (Å²) < 4.78 is 5.02. The van der Waals surface area contributed by atoms with Crippen LogP contribution in [0.2, 0.25) is 0 Å². The molecular formula is C9H9NO3. The summed E-state index contributed by atoms with van der Waals surface area (Å²) >= 11 is 0. The number of nitrogens with one attached hydrogen (secondary N) is 1. The van der Waals surface area contributed by atoms with Gasteiger partial charge >= 0.3 is 5.97 Å². The van der Waals surface area contributed by atoms with Crippen molar-refractivity contribution in [2.24, 2.45) is 0 Å². The van der Waals surface area contributed by atoms with E-state index in [1.807, 2.05) is 12.2 Å². The predicted octanol–water partition coefficient (Wildman–Crippen LogP) is 0.399. The minimum absolute atomic E-state index is 0.200. The molecule has 4 heteroatoms. The van der Waals surface area contributed by atoms with Crippen molar-refractivity contribution < 1.29 is 14.6 Å². The normalized spacial score (nSPS) is 19.8. The fraction of sp³-hybridized carbons (Fsp3) is 0.222. The molecule has 2 N–H and O–H groups in total. The predicted molar refractivity (Wildman–Crippen MR) is 45.8 cm³/mol. The van der Waals surface area contributed by atoms with Gasteiger partial charge in [0.1, 0.15) is 18.4 Å². The minimum atomic E-state index is -0.963. The fourth-order valence-corrected chi connectivity index (χ4v) is 1.38. The van der Waals surface area contributed by atoms with E-state index >= 15 is 0 Å². The van der Waals surface area contributed by atoms with Gasteiger partial charge in [-0.2, -0.15) is 0 Å². The van der Waals surface area contributed by atoms with E-state index in [9.17, 15) is 4.79 Å². The Morgan fingerprint density at radius 1 is 1.62 bits per heavy atom. The number of carboxylic acids is 1. The van der Waals surface area contributed by atoms with E-state index in [2.05, 4.69) is 5.32 Å². The van der Waals surface area contributed by atoms with E-state index < -0.39 is 5.97 Å². The van der Waals surface area contributed by atoms with Crippen molar-refractivity contribution in [2.45, 2.75) is 0 Å². The highest BCUT2D eigenvalue weighted by atomic mass is 16.5. The molecule has 0 atom stereocenters. The van der Waals surface area contributed by atoms with Crippen molar-refractivity contribution in [3.8, 4) is 0 Å². The third-order valence-corrected chi connectivity index (χ3v) is 1.98. The molecule has 13 heavy (non-hydrogen) atoms.